The lowest BCUT2D eigenvalue weighted by Crippen LogP contribution is -2.28. The van der Waals surface area contributed by atoms with Crippen molar-refractivity contribution in [1.29, 1.82) is 0 Å². The Morgan fingerprint density at radius 2 is 2.17 bits per heavy atom. The predicted molar refractivity (Wildman–Crippen MR) is 75.8 cm³/mol. The molecule has 2 rings (SSSR count). The number of likely N-dealkylation sites (N-methyl/N-ethyl adjacent to an activating group) is 1. The van der Waals surface area contributed by atoms with Crippen LogP contribution in [0.15, 0.2) is 41.8 Å². The average Bonchev–Trinajstić information content (AvgIpc) is 2.88. The smallest absolute Gasteiger partial charge is 0.253 e. The van der Waals surface area contributed by atoms with Crippen molar-refractivity contribution in [2.45, 2.75) is 6.42 Å². The molecule has 94 valence electrons. The first-order valence-electron chi connectivity index (χ1n) is 5.80. The van der Waals surface area contributed by atoms with E-state index in [1.807, 2.05) is 13.1 Å². The molecule has 0 unspecified atom stereocenters. The average molecular weight is 260 g/mol. The van der Waals surface area contributed by atoms with Crippen molar-refractivity contribution in [1.82, 2.24) is 4.90 Å². The standard InChI is InChI=1S/C14H16N2OS/c1-16(8-7-13-6-3-9-18-13)14(17)11-4-2-5-12(15)10-11/h2-6,9-10H,7-8,15H2,1H3. The molecule has 0 saturated carbocycles. The number of carbonyl (C=O) groups excluding carboxylic acids is 1. The second kappa shape index (κ2) is 5.69. The fourth-order valence-corrected chi connectivity index (χ4v) is 2.42. The zero-order valence-electron chi connectivity index (χ0n) is 10.3. The molecule has 1 aromatic heterocycles. The number of nitrogen functional groups attached to an aromatic ring is 1. The van der Waals surface area contributed by atoms with Crippen LogP contribution in [0.3, 0.4) is 0 Å². The van der Waals surface area contributed by atoms with Crippen LogP contribution in [-0.2, 0) is 6.42 Å². The largest absolute Gasteiger partial charge is 0.399 e. The van der Waals surface area contributed by atoms with Crippen molar-refractivity contribution in [2.24, 2.45) is 0 Å². The number of amides is 1. The van der Waals surface area contributed by atoms with E-state index in [1.54, 1.807) is 40.5 Å². The van der Waals surface area contributed by atoms with Gasteiger partial charge >= 0.3 is 0 Å². The third-order valence-electron chi connectivity index (χ3n) is 2.75. The highest BCUT2D eigenvalue weighted by Crippen LogP contribution is 2.12. The molecule has 0 saturated heterocycles. The molecule has 0 bridgehead atoms. The molecule has 1 heterocycles. The highest BCUT2D eigenvalue weighted by atomic mass is 32.1. The monoisotopic (exact) mass is 260 g/mol. The lowest BCUT2D eigenvalue weighted by molar-refractivity contribution is 0.0797. The SMILES string of the molecule is CN(CCc1cccs1)C(=O)c1cccc(N)c1. The number of rotatable bonds is 4. The quantitative estimate of drug-likeness (QED) is 0.859. The normalized spacial score (nSPS) is 10.3. The maximum atomic E-state index is 12.1. The van der Waals surface area contributed by atoms with E-state index in [-0.39, 0.29) is 5.91 Å². The number of nitrogens with two attached hydrogens (primary N) is 1. The second-order valence-corrected chi connectivity index (χ2v) is 5.21. The Kier molecular flexibility index (Phi) is 3.99. The van der Waals surface area contributed by atoms with E-state index in [2.05, 4.69) is 11.4 Å². The fourth-order valence-electron chi connectivity index (χ4n) is 1.73. The van der Waals surface area contributed by atoms with Gasteiger partial charge in [0.15, 0.2) is 0 Å². The van der Waals surface area contributed by atoms with Gasteiger partial charge in [0.2, 0.25) is 0 Å². The van der Waals surface area contributed by atoms with Gasteiger partial charge in [0.25, 0.3) is 5.91 Å². The van der Waals surface area contributed by atoms with E-state index in [4.69, 9.17) is 5.73 Å². The molecule has 0 aliphatic carbocycles. The van der Waals surface area contributed by atoms with Crippen LogP contribution in [0.25, 0.3) is 0 Å². The van der Waals surface area contributed by atoms with Crippen LogP contribution < -0.4 is 5.73 Å². The zero-order chi connectivity index (χ0) is 13.0. The number of thiophene rings is 1. The number of nitrogens with zero attached hydrogens (tertiary/aromatic N) is 1. The van der Waals surface area contributed by atoms with Gasteiger partial charge < -0.3 is 10.6 Å². The number of benzene rings is 1. The van der Waals surface area contributed by atoms with Crippen molar-refractivity contribution < 1.29 is 4.79 Å². The third kappa shape index (κ3) is 3.11. The molecule has 0 aliphatic rings. The summed E-state index contributed by atoms with van der Waals surface area (Å²) in [6.45, 7) is 0.716. The maximum absolute atomic E-state index is 12.1. The van der Waals surface area contributed by atoms with E-state index in [1.165, 1.54) is 4.88 Å². The Labute approximate surface area is 111 Å². The van der Waals surface area contributed by atoms with Gasteiger partial charge in [-0.1, -0.05) is 12.1 Å². The summed E-state index contributed by atoms with van der Waals surface area (Å²) in [6, 6.07) is 11.2. The second-order valence-electron chi connectivity index (χ2n) is 4.18. The third-order valence-corrected chi connectivity index (χ3v) is 3.69. The van der Waals surface area contributed by atoms with Gasteiger partial charge in [-0.25, -0.2) is 0 Å². The lowest BCUT2D eigenvalue weighted by atomic mass is 10.2. The molecule has 0 spiro atoms. The van der Waals surface area contributed by atoms with Gasteiger partial charge in [-0.2, -0.15) is 0 Å². The van der Waals surface area contributed by atoms with Crippen molar-refractivity contribution in [3.05, 3.63) is 52.2 Å². The van der Waals surface area contributed by atoms with Gasteiger partial charge in [-0.15, -0.1) is 11.3 Å². The molecule has 4 heteroatoms. The number of hydrogen-bond acceptors (Lipinski definition) is 3. The van der Waals surface area contributed by atoms with Crippen LogP contribution >= 0.6 is 11.3 Å². The summed E-state index contributed by atoms with van der Waals surface area (Å²) in [6.07, 6.45) is 0.891. The van der Waals surface area contributed by atoms with Crippen molar-refractivity contribution in [3.8, 4) is 0 Å². The van der Waals surface area contributed by atoms with Crippen LogP contribution in [0.2, 0.25) is 0 Å². The van der Waals surface area contributed by atoms with Gasteiger partial charge in [-0.05, 0) is 36.1 Å². The first-order valence-corrected chi connectivity index (χ1v) is 6.68. The van der Waals surface area contributed by atoms with E-state index in [9.17, 15) is 4.79 Å². The molecule has 18 heavy (non-hydrogen) atoms. The number of anilines is 1. The van der Waals surface area contributed by atoms with Crippen LogP contribution in [0.1, 0.15) is 15.2 Å². The van der Waals surface area contributed by atoms with Crippen molar-refractivity contribution in [2.75, 3.05) is 19.3 Å². The van der Waals surface area contributed by atoms with E-state index in [0.29, 0.717) is 17.8 Å². The Balaban J connectivity index is 1.96. The zero-order valence-corrected chi connectivity index (χ0v) is 11.1. The van der Waals surface area contributed by atoms with Gasteiger partial charge in [0, 0.05) is 29.7 Å². The summed E-state index contributed by atoms with van der Waals surface area (Å²) in [7, 11) is 1.82. The van der Waals surface area contributed by atoms with Crippen LogP contribution in [0.4, 0.5) is 5.69 Å². The van der Waals surface area contributed by atoms with Gasteiger partial charge in [-0.3, -0.25) is 4.79 Å². The highest BCUT2D eigenvalue weighted by Gasteiger charge is 2.11. The van der Waals surface area contributed by atoms with Crippen LogP contribution in [0, 0.1) is 0 Å². The Hall–Kier alpha value is -1.81. The molecule has 0 fully saturated rings. The summed E-state index contributed by atoms with van der Waals surface area (Å²) in [5.74, 6) is 0.0128. The predicted octanol–water partition coefficient (Wildman–Crippen LogP) is 2.65. The summed E-state index contributed by atoms with van der Waals surface area (Å²) >= 11 is 1.72. The minimum atomic E-state index is 0.0128. The van der Waals surface area contributed by atoms with E-state index < -0.39 is 0 Å². The van der Waals surface area contributed by atoms with Gasteiger partial charge in [0.1, 0.15) is 0 Å². The summed E-state index contributed by atoms with van der Waals surface area (Å²) in [4.78, 5) is 15.2. The molecule has 0 atom stereocenters. The van der Waals surface area contributed by atoms with Crippen LogP contribution in [0.5, 0.6) is 0 Å². The van der Waals surface area contributed by atoms with Crippen LogP contribution in [-0.4, -0.2) is 24.4 Å². The van der Waals surface area contributed by atoms with Gasteiger partial charge in [0.05, 0.1) is 0 Å². The summed E-state index contributed by atoms with van der Waals surface area (Å²) in [5.41, 5.74) is 6.94. The Bertz CT molecular complexity index is 522. The molecule has 2 aromatic rings. The first kappa shape index (κ1) is 12.6. The number of hydrogen-bond donors (Lipinski definition) is 1. The Morgan fingerprint density at radius 3 is 2.83 bits per heavy atom. The fraction of sp³-hybridized carbons (Fsp3) is 0.214. The molecule has 0 aliphatic heterocycles. The molecule has 2 N–H and O–H groups in total. The minimum absolute atomic E-state index is 0.0128. The number of carbonyl (C=O) groups is 1. The molecular weight excluding hydrogens is 244 g/mol. The molecule has 1 aromatic carbocycles. The van der Waals surface area contributed by atoms with Crippen molar-refractivity contribution in [3.63, 3.8) is 0 Å². The molecule has 0 radical (unpaired) electrons. The molecule has 1 amide bonds. The van der Waals surface area contributed by atoms with E-state index in [0.717, 1.165) is 6.42 Å². The molecular formula is C14H16N2OS. The summed E-state index contributed by atoms with van der Waals surface area (Å²) < 4.78 is 0. The summed E-state index contributed by atoms with van der Waals surface area (Å²) in [5, 5.41) is 2.05. The molecule has 3 nitrogen and oxygen atoms in total. The highest BCUT2D eigenvalue weighted by molar-refractivity contribution is 7.09. The van der Waals surface area contributed by atoms with E-state index >= 15 is 0 Å². The Morgan fingerprint density at radius 1 is 1.33 bits per heavy atom. The lowest BCUT2D eigenvalue weighted by Gasteiger charge is -2.16. The first-order chi connectivity index (χ1) is 8.66. The topological polar surface area (TPSA) is 46.3 Å². The van der Waals surface area contributed by atoms with Crippen molar-refractivity contribution >= 4 is 22.9 Å². The maximum Gasteiger partial charge on any atom is 0.253 e. The minimum Gasteiger partial charge on any atom is -0.399 e.